The summed E-state index contributed by atoms with van der Waals surface area (Å²) in [5.41, 5.74) is 3.24. The molecule has 2 rings (SSSR count). The zero-order valence-corrected chi connectivity index (χ0v) is 9.32. The van der Waals surface area contributed by atoms with Crippen molar-refractivity contribution in [1.29, 1.82) is 0 Å². The molecule has 0 spiro atoms. The van der Waals surface area contributed by atoms with Crippen LogP contribution in [0.25, 0.3) is 5.70 Å². The third-order valence-electron chi connectivity index (χ3n) is 2.57. The van der Waals surface area contributed by atoms with Gasteiger partial charge < -0.3 is 10.1 Å². The molecule has 0 aliphatic carbocycles. The summed E-state index contributed by atoms with van der Waals surface area (Å²) in [4.78, 5) is 11.4. The first-order valence-electron chi connectivity index (χ1n) is 5.52. The summed E-state index contributed by atoms with van der Waals surface area (Å²) < 4.78 is 4.90. The number of carbonyl (C=O) groups is 1. The summed E-state index contributed by atoms with van der Waals surface area (Å²) in [6.07, 6.45) is 2.53. The van der Waals surface area contributed by atoms with Crippen molar-refractivity contribution in [3.05, 3.63) is 41.5 Å². The maximum absolute atomic E-state index is 11.4. The largest absolute Gasteiger partial charge is 0.463 e. The summed E-state index contributed by atoms with van der Waals surface area (Å²) in [5, 5.41) is 3.22. The van der Waals surface area contributed by atoms with Gasteiger partial charge in [0.05, 0.1) is 6.61 Å². The molecule has 1 aromatic rings. The lowest BCUT2D eigenvalue weighted by molar-refractivity contribution is -0.137. The second-order valence-corrected chi connectivity index (χ2v) is 3.64. The highest BCUT2D eigenvalue weighted by Gasteiger charge is 2.13. The molecule has 0 atom stereocenters. The van der Waals surface area contributed by atoms with E-state index in [4.69, 9.17) is 4.74 Å². The fraction of sp³-hybridized carbons (Fsp3) is 0.308. The Hall–Kier alpha value is -1.77. The van der Waals surface area contributed by atoms with Gasteiger partial charge in [-0.25, -0.2) is 4.79 Å². The first kappa shape index (κ1) is 10.7. The Morgan fingerprint density at radius 2 is 2.31 bits per heavy atom. The molecule has 0 unspecified atom stereocenters. The molecular weight excluding hydrogens is 202 g/mol. The Balaban J connectivity index is 2.28. The van der Waals surface area contributed by atoms with Gasteiger partial charge >= 0.3 is 5.97 Å². The van der Waals surface area contributed by atoms with Crippen LogP contribution in [0.5, 0.6) is 0 Å². The monoisotopic (exact) mass is 217 g/mol. The van der Waals surface area contributed by atoms with Crippen LogP contribution in [0.4, 0.5) is 0 Å². The smallest absolute Gasteiger partial charge is 0.332 e. The number of ether oxygens (including phenoxy) is 1. The standard InChI is InChI=1S/C13H15NO2/c1-2-16-13(15)9-12-11-6-4-3-5-10(11)7-8-14-12/h3-6,9,14H,2,7-8H2,1H3. The molecule has 1 N–H and O–H groups in total. The summed E-state index contributed by atoms with van der Waals surface area (Å²) in [6, 6.07) is 8.11. The quantitative estimate of drug-likeness (QED) is 0.605. The highest BCUT2D eigenvalue weighted by Crippen LogP contribution is 2.21. The zero-order chi connectivity index (χ0) is 11.4. The van der Waals surface area contributed by atoms with Gasteiger partial charge in [0.2, 0.25) is 0 Å². The maximum atomic E-state index is 11.4. The molecule has 3 nitrogen and oxygen atoms in total. The molecule has 0 radical (unpaired) electrons. The molecule has 0 saturated carbocycles. The minimum absolute atomic E-state index is 0.290. The van der Waals surface area contributed by atoms with Gasteiger partial charge in [-0.05, 0) is 18.9 Å². The molecule has 0 bridgehead atoms. The van der Waals surface area contributed by atoms with Gasteiger partial charge in [0, 0.05) is 23.9 Å². The highest BCUT2D eigenvalue weighted by atomic mass is 16.5. The third kappa shape index (κ3) is 2.24. The summed E-state index contributed by atoms with van der Waals surface area (Å²) >= 11 is 0. The molecular formula is C13H15NO2. The van der Waals surface area contributed by atoms with Crippen molar-refractivity contribution in [1.82, 2.24) is 5.32 Å². The van der Waals surface area contributed by atoms with Crippen LogP contribution >= 0.6 is 0 Å². The van der Waals surface area contributed by atoms with E-state index in [1.54, 1.807) is 6.92 Å². The molecule has 0 amide bonds. The fourth-order valence-electron chi connectivity index (χ4n) is 1.86. The topological polar surface area (TPSA) is 38.3 Å². The molecule has 16 heavy (non-hydrogen) atoms. The molecule has 0 aromatic heterocycles. The fourth-order valence-corrected chi connectivity index (χ4v) is 1.86. The van der Waals surface area contributed by atoms with E-state index in [-0.39, 0.29) is 5.97 Å². The van der Waals surface area contributed by atoms with Gasteiger partial charge in [-0.1, -0.05) is 24.3 Å². The molecule has 84 valence electrons. The Bertz CT molecular complexity index is 424. The van der Waals surface area contributed by atoms with Crippen LogP contribution in [-0.2, 0) is 16.0 Å². The Morgan fingerprint density at radius 1 is 1.50 bits per heavy atom. The minimum Gasteiger partial charge on any atom is -0.463 e. The van der Waals surface area contributed by atoms with E-state index in [1.807, 2.05) is 18.2 Å². The normalized spacial score (nSPS) is 16.4. The van der Waals surface area contributed by atoms with Crippen molar-refractivity contribution in [2.75, 3.05) is 13.2 Å². The molecule has 1 aliphatic heterocycles. The van der Waals surface area contributed by atoms with Crippen molar-refractivity contribution >= 4 is 11.7 Å². The van der Waals surface area contributed by atoms with Crippen molar-refractivity contribution in [3.8, 4) is 0 Å². The minimum atomic E-state index is -0.290. The molecule has 1 aromatic carbocycles. The summed E-state index contributed by atoms with van der Waals surface area (Å²) in [6.45, 7) is 3.07. The number of hydrogen-bond acceptors (Lipinski definition) is 3. The average Bonchev–Trinajstić information content (AvgIpc) is 2.30. The van der Waals surface area contributed by atoms with E-state index in [0.717, 1.165) is 24.2 Å². The van der Waals surface area contributed by atoms with Crippen LogP contribution in [0.1, 0.15) is 18.1 Å². The van der Waals surface area contributed by atoms with Gasteiger partial charge in [-0.3, -0.25) is 0 Å². The molecule has 0 fully saturated rings. The average molecular weight is 217 g/mol. The number of hydrogen-bond donors (Lipinski definition) is 1. The zero-order valence-electron chi connectivity index (χ0n) is 9.32. The molecule has 0 saturated heterocycles. The van der Waals surface area contributed by atoms with Crippen LogP contribution in [0.3, 0.4) is 0 Å². The lowest BCUT2D eigenvalue weighted by atomic mass is 9.98. The number of benzene rings is 1. The van der Waals surface area contributed by atoms with Crippen LogP contribution in [-0.4, -0.2) is 19.1 Å². The molecule has 1 heterocycles. The Labute approximate surface area is 95.1 Å². The predicted molar refractivity (Wildman–Crippen MR) is 62.8 cm³/mol. The lowest BCUT2D eigenvalue weighted by Crippen LogP contribution is -2.23. The van der Waals surface area contributed by atoms with Crippen molar-refractivity contribution in [2.45, 2.75) is 13.3 Å². The van der Waals surface area contributed by atoms with Crippen LogP contribution in [0.2, 0.25) is 0 Å². The maximum Gasteiger partial charge on any atom is 0.332 e. The Kier molecular flexibility index (Phi) is 3.25. The van der Waals surface area contributed by atoms with Gasteiger partial charge in [-0.15, -0.1) is 0 Å². The lowest BCUT2D eigenvalue weighted by Gasteiger charge is -2.20. The molecule has 1 aliphatic rings. The van der Waals surface area contributed by atoms with E-state index in [2.05, 4.69) is 11.4 Å². The highest BCUT2D eigenvalue weighted by molar-refractivity contribution is 5.91. The van der Waals surface area contributed by atoms with Crippen LogP contribution < -0.4 is 5.32 Å². The van der Waals surface area contributed by atoms with E-state index >= 15 is 0 Å². The first-order chi connectivity index (χ1) is 7.81. The van der Waals surface area contributed by atoms with Crippen LogP contribution in [0, 0.1) is 0 Å². The second-order valence-electron chi connectivity index (χ2n) is 3.64. The van der Waals surface area contributed by atoms with Crippen LogP contribution in [0.15, 0.2) is 30.3 Å². The number of rotatable bonds is 2. The third-order valence-corrected chi connectivity index (χ3v) is 2.57. The number of carbonyl (C=O) groups excluding carboxylic acids is 1. The van der Waals surface area contributed by atoms with Gasteiger partial charge in [0.15, 0.2) is 0 Å². The van der Waals surface area contributed by atoms with E-state index in [0.29, 0.717) is 6.61 Å². The van der Waals surface area contributed by atoms with Crippen molar-refractivity contribution < 1.29 is 9.53 Å². The summed E-state index contributed by atoms with van der Waals surface area (Å²) in [5.74, 6) is -0.290. The van der Waals surface area contributed by atoms with Gasteiger partial charge in [0.25, 0.3) is 0 Å². The number of esters is 1. The van der Waals surface area contributed by atoms with Gasteiger partial charge in [0.1, 0.15) is 0 Å². The van der Waals surface area contributed by atoms with E-state index in [1.165, 1.54) is 11.6 Å². The second kappa shape index (κ2) is 4.84. The van der Waals surface area contributed by atoms with Gasteiger partial charge in [-0.2, -0.15) is 0 Å². The first-order valence-corrected chi connectivity index (χ1v) is 5.52. The SMILES string of the molecule is CCOC(=O)C=C1NCCc2ccccc21. The van der Waals surface area contributed by atoms with Crippen molar-refractivity contribution in [3.63, 3.8) is 0 Å². The summed E-state index contributed by atoms with van der Waals surface area (Å²) in [7, 11) is 0. The van der Waals surface area contributed by atoms with E-state index < -0.39 is 0 Å². The Morgan fingerprint density at radius 3 is 3.12 bits per heavy atom. The van der Waals surface area contributed by atoms with E-state index in [9.17, 15) is 4.79 Å². The number of fused-ring (bicyclic) bond motifs is 1. The molecule has 3 heteroatoms. The van der Waals surface area contributed by atoms with Crippen molar-refractivity contribution in [2.24, 2.45) is 0 Å². The number of nitrogens with one attached hydrogen (secondary N) is 1. The predicted octanol–water partition coefficient (Wildman–Crippen LogP) is 1.74.